The van der Waals surface area contributed by atoms with E-state index in [1.165, 1.54) is 0 Å². The molecule has 1 unspecified atom stereocenters. The summed E-state index contributed by atoms with van der Waals surface area (Å²) in [6.07, 6.45) is -0.928. The predicted octanol–water partition coefficient (Wildman–Crippen LogP) is 1.80. The molecular weight excluding hydrogens is 388 g/mol. The van der Waals surface area contributed by atoms with Gasteiger partial charge in [0, 0.05) is 23.3 Å². The van der Waals surface area contributed by atoms with Crippen LogP contribution in [0.15, 0.2) is 30.3 Å². The zero-order valence-corrected chi connectivity index (χ0v) is 16.0. The number of nitrogens with zero attached hydrogens (tertiary/aromatic N) is 1. The molecule has 9 heteroatoms. The fourth-order valence-corrected chi connectivity index (χ4v) is 2.97. The monoisotopic (exact) mass is 406 g/mol. The third kappa shape index (κ3) is 4.98. The second kappa shape index (κ2) is 8.71. The molecular formula is C19H19ClN2O6. The van der Waals surface area contributed by atoms with Crippen LogP contribution in [0.5, 0.6) is 0 Å². The molecule has 8 nitrogen and oxygen atoms in total. The normalized spacial score (nSPS) is 11.7. The number of hydrogen-bond acceptors (Lipinski definition) is 4. The van der Waals surface area contributed by atoms with E-state index < -0.39 is 30.3 Å². The van der Waals surface area contributed by atoms with Gasteiger partial charge in [0.2, 0.25) is 11.7 Å². The number of ketones is 1. The number of carboxylic acid groups (broad SMARTS) is 2. The van der Waals surface area contributed by atoms with Crippen LogP contribution in [-0.4, -0.2) is 44.5 Å². The molecule has 1 atom stereocenters. The van der Waals surface area contributed by atoms with E-state index in [0.717, 1.165) is 0 Å². The van der Waals surface area contributed by atoms with Gasteiger partial charge in [0.15, 0.2) is 0 Å². The van der Waals surface area contributed by atoms with Gasteiger partial charge in [-0.1, -0.05) is 11.6 Å². The average molecular weight is 407 g/mol. The number of aliphatic carboxylic acids is 2. The summed E-state index contributed by atoms with van der Waals surface area (Å²) >= 11 is 5.84. The van der Waals surface area contributed by atoms with Crippen molar-refractivity contribution in [3.05, 3.63) is 57.9 Å². The maximum absolute atomic E-state index is 12.8. The van der Waals surface area contributed by atoms with E-state index in [4.69, 9.17) is 21.8 Å². The highest BCUT2D eigenvalue weighted by atomic mass is 35.5. The molecule has 0 aliphatic rings. The van der Waals surface area contributed by atoms with Gasteiger partial charge >= 0.3 is 11.9 Å². The van der Waals surface area contributed by atoms with Gasteiger partial charge < -0.3 is 20.1 Å². The van der Waals surface area contributed by atoms with Crippen LogP contribution < -0.4 is 5.32 Å². The largest absolute Gasteiger partial charge is 0.481 e. The summed E-state index contributed by atoms with van der Waals surface area (Å²) in [6, 6.07) is 6.56. The van der Waals surface area contributed by atoms with Gasteiger partial charge in [-0.25, -0.2) is 4.79 Å². The highest BCUT2D eigenvalue weighted by Gasteiger charge is 2.24. The molecule has 3 N–H and O–H groups in total. The minimum Gasteiger partial charge on any atom is -0.481 e. The first-order chi connectivity index (χ1) is 13.1. The van der Waals surface area contributed by atoms with E-state index in [1.807, 2.05) is 0 Å². The van der Waals surface area contributed by atoms with E-state index in [0.29, 0.717) is 27.5 Å². The van der Waals surface area contributed by atoms with Crippen molar-refractivity contribution in [3.63, 3.8) is 0 Å². The number of rotatable bonds is 8. The summed E-state index contributed by atoms with van der Waals surface area (Å²) in [6.45, 7) is 1.73. The number of aromatic nitrogens is 1. The molecule has 2 aromatic rings. The van der Waals surface area contributed by atoms with Crippen LogP contribution in [0, 0.1) is 6.92 Å². The Bertz CT molecular complexity index is 933. The van der Waals surface area contributed by atoms with Crippen LogP contribution in [-0.2, 0) is 27.9 Å². The predicted molar refractivity (Wildman–Crippen MR) is 101 cm³/mol. The van der Waals surface area contributed by atoms with Gasteiger partial charge in [-0.2, -0.15) is 0 Å². The van der Waals surface area contributed by atoms with E-state index in [2.05, 4.69) is 5.32 Å². The van der Waals surface area contributed by atoms with Gasteiger partial charge in [0.25, 0.3) is 0 Å². The highest BCUT2D eigenvalue weighted by Crippen LogP contribution is 2.20. The highest BCUT2D eigenvalue weighted by molar-refractivity contribution is 6.30. The summed E-state index contributed by atoms with van der Waals surface area (Å²) in [4.78, 5) is 46.8. The van der Waals surface area contributed by atoms with Crippen molar-refractivity contribution < 1.29 is 29.4 Å². The number of halogens is 1. The number of carboxylic acids is 2. The first-order valence-corrected chi connectivity index (χ1v) is 8.67. The number of hydrogen-bond donors (Lipinski definition) is 3. The van der Waals surface area contributed by atoms with Crippen molar-refractivity contribution in [1.82, 2.24) is 9.88 Å². The topological polar surface area (TPSA) is 126 Å². The number of amides is 1. The van der Waals surface area contributed by atoms with Crippen molar-refractivity contribution in [2.75, 3.05) is 0 Å². The SMILES string of the molecule is Cc1cc(CC(=O)NC(CC(=O)O)C(=O)O)n(C)c1C(=O)c1ccc(Cl)cc1. The lowest BCUT2D eigenvalue weighted by molar-refractivity contribution is -0.147. The number of nitrogens with one attached hydrogen (secondary N) is 1. The average Bonchev–Trinajstić information content (AvgIpc) is 2.87. The lowest BCUT2D eigenvalue weighted by atomic mass is 10.1. The molecule has 1 heterocycles. The summed E-state index contributed by atoms with van der Waals surface area (Å²) in [5, 5.41) is 20.5. The van der Waals surface area contributed by atoms with Crippen LogP contribution in [0.25, 0.3) is 0 Å². The lowest BCUT2D eigenvalue weighted by Gasteiger charge is -2.13. The molecule has 0 saturated heterocycles. The summed E-state index contributed by atoms with van der Waals surface area (Å²) in [5.74, 6) is -3.66. The van der Waals surface area contributed by atoms with Crippen molar-refractivity contribution in [2.45, 2.75) is 25.8 Å². The fraction of sp³-hybridized carbons (Fsp3) is 0.263. The Morgan fingerprint density at radius 3 is 2.29 bits per heavy atom. The number of carbonyl (C=O) groups excluding carboxylic acids is 2. The first kappa shape index (κ1) is 21.2. The van der Waals surface area contributed by atoms with Crippen molar-refractivity contribution in [3.8, 4) is 0 Å². The Balaban J connectivity index is 2.19. The van der Waals surface area contributed by atoms with Crippen LogP contribution in [0.3, 0.4) is 0 Å². The third-order valence-corrected chi connectivity index (χ3v) is 4.45. The fourth-order valence-electron chi connectivity index (χ4n) is 2.85. The molecule has 0 radical (unpaired) electrons. The second-order valence-electron chi connectivity index (χ2n) is 6.30. The Morgan fingerprint density at radius 1 is 1.14 bits per heavy atom. The molecule has 0 saturated carbocycles. The molecule has 0 aliphatic heterocycles. The molecule has 1 amide bonds. The molecule has 1 aromatic heterocycles. The van der Waals surface area contributed by atoms with E-state index in [1.54, 1.807) is 48.9 Å². The van der Waals surface area contributed by atoms with Crippen LogP contribution in [0.1, 0.15) is 33.7 Å². The Labute approximate surface area is 165 Å². The van der Waals surface area contributed by atoms with E-state index >= 15 is 0 Å². The summed E-state index contributed by atoms with van der Waals surface area (Å²) in [5.41, 5.74) is 1.99. The standard InChI is InChI=1S/C19H19ClN2O6/c1-10-7-13(8-15(23)21-14(19(27)28)9-16(24)25)22(2)17(10)18(26)11-3-5-12(20)6-4-11/h3-7,14H,8-9H2,1-2H3,(H,21,23)(H,24,25)(H,27,28). The Kier molecular flexibility index (Phi) is 6.58. The summed E-state index contributed by atoms with van der Waals surface area (Å²) in [7, 11) is 1.63. The maximum atomic E-state index is 12.8. The van der Waals surface area contributed by atoms with Crippen LogP contribution >= 0.6 is 11.6 Å². The Hall–Kier alpha value is -3.13. The molecule has 0 fully saturated rings. The maximum Gasteiger partial charge on any atom is 0.326 e. The minimum absolute atomic E-state index is 0.200. The van der Waals surface area contributed by atoms with Gasteiger partial charge in [-0.15, -0.1) is 0 Å². The number of carbonyl (C=O) groups is 4. The van der Waals surface area contributed by atoms with E-state index in [-0.39, 0.29) is 12.2 Å². The molecule has 28 heavy (non-hydrogen) atoms. The van der Waals surface area contributed by atoms with Crippen molar-refractivity contribution >= 4 is 35.2 Å². The van der Waals surface area contributed by atoms with Crippen molar-refractivity contribution in [1.29, 1.82) is 0 Å². The zero-order chi connectivity index (χ0) is 21.0. The number of benzene rings is 1. The quantitative estimate of drug-likeness (QED) is 0.574. The zero-order valence-electron chi connectivity index (χ0n) is 15.2. The Morgan fingerprint density at radius 2 is 1.75 bits per heavy atom. The number of aryl methyl sites for hydroxylation is 1. The molecule has 1 aromatic carbocycles. The van der Waals surface area contributed by atoms with Crippen LogP contribution in [0.2, 0.25) is 5.02 Å². The van der Waals surface area contributed by atoms with E-state index in [9.17, 15) is 19.2 Å². The van der Waals surface area contributed by atoms with Gasteiger partial charge in [0.1, 0.15) is 6.04 Å². The summed E-state index contributed by atoms with van der Waals surface area (Å²) < 4.78 is 1.57. The molecule has 0 aliphatic carbocycles. The van der Waals surface area contributed by atoms with Gasteiger partial charge in [0.05, 0.1) is 18.5 Å². The second-order valence-corrected chi connectivity index (χ2v) is 6.73. The van der Waals surface area contributed by atoms with Gasteiger partial charge in [-0.3, -0.25) is 14.4 Å². The lowest BCUT2D eigenvalue weighted by Crippen LogP contribution is -2.43. The third-order valence-electron chi connectivity index (χ3n) is 4.20. The smallest absolute Gasteiger partial charge is 0.326 e. The van der Waals surface area contributed by atoms with Gasteiger partial charge in [-0.05, 0) is 42.8 Å². The molecule has 2 rings (SSSR count). The first-order valence-electron chi connectivity index (χ1n) is 8.29. The van der Waals surface area contributed by atoms with Crippen molar-refractivity contribution in [2.24, 2.45) is 7.05 Å². The molecule has 148 valence electrons. The van der Waals surface area contributed by atoms with Crippen LogP contribution in [0.4, 0.5) is 0 Å². The molecule has 0 bridgehead atoms. The molecule has 0 spiro atoms. The minimum atomic E-state index is -1.53.